The molecule has 1 aliphatic carbocycles. The van der Waals surface area contributed by atoms with E-state index < -0.39 is 0 Å². The molecule has 1 aromatic carbocycles. The second-order valence-corrected chi connectivity index (χ2v) is 6.26. The topological polar surface area (TPSA) is 55.6 Å². The molecule has 2 N–H and O–H groups in total. The molecule has 3 rings (SSSR count). The number of nitrogens with zero attached hydrogens (tertiary/aromatic N) is 1. The van der Waals surface area contributed by atoms with Crippen LogP contribution in [0.25, 0.3) is 0 Å². The molecular weight excluding hydrogens is 264 g/mol. The number of carbonyl (C=O) groups is 1. The summed E-state index contributed by atoms with van der Waals surface area (Å²) in [6.45, 7) is 1.16. The molecular formula is C17H24N2O2. The number of amides is 1. The van der Waals surface area contributed by atoms with E-state index in [1.807, 2.05) is 36.2 Å². The van der Waals surface area contributed by atoms with E-state index >= 15 is 0 Å². The number of benzene rings is 1. The van der Waals surface area contributed by atoms with Crippen molar-refractivity contribution in [2.75, 3.05) is 20.2 Å². The third kappa shape index (κ3) is 2.77. The first-order chi connectivity index (χ1) is 10.2. The molecule has 0 saturated heterocycles. The lowest BCUT2D eigenvalue weighted by Gasteiger charge is -2.34. The quantitative estimate of drug-likeness (QED) is 0.923. The SMILES string of the molecule is CN(C(=O)C1COc2ccccc2C1)C1CCCC1CN. The number of carbonyl (C=O) groups excluding carboxylic acids is 1. The lowest BCUT2D eigenvalue weighted by molar-refractivity contribution is -0.138. The fraction of sp³-hybridized carbons (Fsp3) is 0.588. The van der Waals surface area contributed by atoms with Crippen LogP contribution in [-0.4, -0.2) is 37.0 Å². The third-order valence-corrected chi connectivity index (χ3v) is 4.99. The minimum Gasteiger partial charge on any atom is -0.492 e. The predicted octanol–water partition coefficient (Wildman–Crippen LogP) is 1.82. The van der Waals surface area contributed by atoms with Crippen LogP contribution in [0.2, 0.25) is 0 Å². The van der Waals surface area contributed by atoms with Gasteiger partial charge in [0.15, 0.2) is 0 Å². The fourth-order valence-corrected chi connectivity index (χ4v) is 3.74. The number of hydrogen-bond acceptors (Lipinski definition) is 3. The molecule has 1 heterocycles. The summed E-state index contributed by atoms with van der Waals surface area (Å²) in [5.41, 5.74) is 6.98. The maximum absolute atomic E-state index is 12.8. The van der Waals surface area contributed by atoms with Crippen molar-refractivity contribution in [3.05, 3.63) is 29.8 Å². The van der Waals surface area contributed by atoms with Crippen molar-refractivity contribution < 1.29 is 9.53 Å². The Balaban J connectivity index is 1.69. The fourth-order valence-electron chi connectivity index (χ4n) is 3.74. The van der Waals surface area contributed by atoms with E-state index in [1.54, 1.807) is 0 Å². The largest absolute Gasteiger partial charge is 0.492 e. The Morgan fingerprint density at radius 1 is 1.38 bits per heavy atom. The normalized spacial score (nSPS) is 27.8. The summed E-state index contributed by atoms with van der Waals surface area (Å²) in [6.07, 6.45) is 4.17. The molecule has 1 saturated carbocycles. The molecule has 3 atom stereocenters. The molecule has 4 heteroatoms. The average molecular weight is 288 g/mol. The van der Waals surface area contributed by atoms with E-state index in [9.17, 15) is 4.79 Å². The summed E-state index contributed by atoms with van der Waals surface area (Å²) < 4.78 is 5.75. The van der Waals surface area contributed by atoms with Gasteiger partial charge in [0.1, 0.15) is 12.4 Å². The smallest absolute Gasteiger partial charge is 0.229 e. The van der Waals surface area contributed by atoms with Gasteiger partial charge in [0, 0.05) is 13.1 Å². The minimum absolute atomic E-state index is 0.0658. The predicted molar refractivity (Wildman–Crippen MR) is 82.1 cm³/mol. The zero-order chi connectivity index (χ0) is 14.8. The van der Waals surface area contributed by atoms with E-state index in [-0.39, 0.29) is 11.8 Å². The van der Waals surface area contributed by atoms with Gasteiger partial charge in [-0.1, -0.05) is 24.6 Å². The summed E-state index contributed by atoms with van der Waals surface area (Å²) in [5, 5.41) is 0. The summed E-state index contributed by atoms with van der Waals surface area (Å²) in [6, 6.07) is 8.30. The molecule has 4 nitrogen and oxygen atoms in total. The minimum atomic E-state index is -0.0658. The first-order valence-electron chi connectivity index (χ1n) is 7.88. The second-order valence-electron chi connectivity index (χ2n) is 6.26. The van der Waals surface area contributed by atoms with Crippen LogP contribution in [0.5, 0.6) is 5.75 Å². The number of ether oxygens (including phenoxy) is 1. The van der Waals surface area contributed by atoms with Crippen molar-refractivity contribution in [3.8, 4) is 5.75 Å². The molecule has 21 heavy (non-hydrogen) atoms. The molecule has 0 spiro atoms. The Hall–Kier alpha value is -1.55. The number of rotatable bonds is 3. The van der Waals surface area contributed by atoms with Crippen molar-refractivity contribution in [3.63, 3.8) is 0 Å². The molecule has 1 aliphatic heterocycles. The number of hydrogen-bond donors (Lipinski definition) is 1. The summed E-state index contributed by atoms with van der Waals surface area (Å²) in [7, 11) is 1.93. The number of fused-ring (bicyclic) bond motifs is 1. The van der Waals surface area contributed by atoms with Crippen LogP contribution in [0.4, 0.5) is 0 Å². The Morgan fingerprint density at radius 2 is 2.19 bits per heavy atom. The van der Waals surface area contributed by atoms with Gasteiger partial charge < -0.3 is 15.4 Å². The van der Waals surface area contributed by atoms with E-state index in [2.05, 4.69) is 0 Å². The molecule has 0 aromatic heterocycles. The average Bonchev–Trinajstić information content (AvgIpc) is 3.01. The Kier molecular flexibility index (Phi) is 4.15. The van der Waals surface area contributed by atoms with Gasteiger partial charge in [-0.3, -0.25) is 4.79 Å². The van der Waals surface area contributed by atoms with Crippen LogP contribution in [0.15, 0.2) is 24.3 Å². The molecule has 114 valence electrons. The Labute approximate surface area is 126 Å². The highest BCUT2D eigenvalue weighted by atomic mass is 16.5. The van der Waals surface area contributed by atoms with E-state index in [0.717, 1.165) is 30.6 Å². The van der Waals surface area contributed by atoms with Crippen LogP contribution >= 0.6 is 0 Å². The van der Waals surface area contributed by atoms with E-state index in [1.165, 1.54) is 6.42 Å². The lowest BCUT2D eigenvalue weighted by Crippen LogP contribution is -2.46. The molecule has 3 unspecified atom stereocenters. The molecule has 1 fully saturated rings. The van der Waals surface area contributed by atoms with Gasteiger partial charge in [-0.05, 0) is 43.4 Å². The molecule has 0 radical (unpaired) electrons. The van der Waals surface area contributed by atoms with Crippen LogP contribution in [0, 0.1) is 11.8 Å². The van der Waals surface area contributed by atoms with Crippen molar-refractivity contribution in [2.24, 2.45) is 17.6 Å². The number of para-hydroxylation sites is 1. The highest BCUT2D eigenvalue weighted by Gasteiger charge is 2.35. The van der Waals surface area contributed by atoms with Gasteiger partial charge in [0.2, 0.25) is 5.91 Å². The molecule has 0 bridgehead atoms. The van der Waals surface area contributed by atoms with Gasteiger partial charge in [0.05, 0.1) is 5.92 Å². The Bertz CT molecular complexity index is 517. The van der Waals surface area contributed by atoms with Gasteiger partial charge in [-0.15, -0.1) is 0 Å². The van der Waals surface area contributed by atoms with E-state index in [0.29, 0.717) is 25.1 Å². The maximum atomic E-state index is 12.8. The summed E-state index contributed by atoms with van der Waals surface area (Å²) in [4.78, 5) is 14.7. The van der Waals surface area contributed by atoms with Crippen molar-refractivity contribution in [1.82, 2.24) is 4.90 Å². The Morgan fingerprint density at radius 3 is 3.00 bits per heavy atom. The van der Waals surface area contributed by atoms with Crippen molar-refractivity contribution >= 4 is 5.91 Å². The van der Waals surface area contributed by atoms with Crippen LogP contribution in [0.1, 0.15) is 24.8 Å². The highest BCUT2D eigenvalue weighted by molar-refractivity contribution is 5.80. The number of nitrogens with two attached hydrogens (primary N) is 1. The zero-order valence-electron chi connectivity index (χ0n) is 12.6. The van der Waals surface area contributed by atoms with Crippen LogP contribution < -0.4 is 10.5 Å². The highest BCUT2D eigenvalue weighted by Crippen LogP contribution is 2.32. The summed E-state index contributed by atoms with van der Waals surface area (Å²) >= 11 is 0. The van der Waals surface area contributed by atoms with Gasteiger partial charge in [-0.25, -0.2) is 0 Å². The van der Waals surface area contributed by atoms with Gasteiger partial charge in [0.25, 0.3) is 0 Å². The van der Waals surface area contributed by atoms with Gasteiger partial charge in [-0.2, -0.15) is 0 Å². The van der Waals surface area contributed by atoms with Crippen LogP contribution in [0.3, 0.4) is 0 Å². The lowest BCUT2D eigenvalue weighted by atomic mass is 9.94. The van der Waals surface area contributed by atoms with Crippen molar-refractivity contribution in [1.29, 1.82) is 0 Å². The molecule has 1 amide bonds. The van der Waals surface area contributed by atoms with E-state index in [4.69, 9.17) is 10.5 Å². The third-order valence-electron chi connectivity index (χ3n) is 4.99. The standard InChI is InChI=1S/C17H24N2O2/c1-19(15-7-4-6-13(15)10-18)17(20)14-9-12-5-2-3-8-16(12)21-11-14/h2-3,5,8,13-15H,4,6-7,9-11,18H2,1H3. The first kappa shape index (κ1) is 14.4. The molecule has 1 aromatic rings. The summed E-state index contributed by atoms with van der Waals surface area (Å²) in [5.74, 6) is 1.51. The van der Waals surface area contributed by atoms with Crippen LogP contribution in [-0.2, 0) is 11.2 Å². The zero-order valence-corrected chi connectivity index (χ0v) is 12.6. The maximum Gasteiger partial charge on any atom is 0.229 e. The first-order valence-corrected chi connectivity index (χ1v) is 7.88. The second kappa shape index (κ2) is 6.06. The van der Waals surface area contributed by atoms with Crippen molar-refractivity contribution in [2.45, 2.75) is 31.7 Å². The van der Waals surface area contributed by atoms with Gasteiger partial charge >= 0.3 is 0 Å². The molecule has 2 aliphatic rings. The monoisotopic (exact) mass is 288 g/mol.